The third-order valence-corrected chi connectivity index (χ3v) is 13.6. The number of aromatic nitrogens is 6. The molecule has 0 bridgehead atoms. The quantitative estimate of drug-likeness (QED) is 0.165. The van der Waals surface area contributed by atoms with Crippen LogP contribution in [0.15, 0.2) is 203 Å². The molecule has 0 saturated heterocycles. The maximum Gasteiger partial charge on any atom is 0.180 e. The first kappa shape index (κ1) is 35.8. The van der Waals surface area contributed by atoms with Gasteiger partial charge in [-0.25, -0.2) is 24.9 Å². The standard InChI is InChI=1S/C55H34N6OS/c1-4-16-33(17-5-1)49-51-50(38-23-11-13-28-44(38)62-51)57-54(56-49)40-25-15-29-46-48(40)41-32-35(30-31-45(41)63-46)53-58-52(34-18-6-2-7-19-34)59-55(60-53)39-24-14-27-43-47(39)37-22-10-12-26-42(37)61(43)36-20-8-3-9-21-36/h1-32,46,48H. The Balaban J connectivity index is 0.978. The Bertz CT molecular complexity index is 3670. The minimum atomic E-state index is 0.00181. The number of allylic oxidation sites excluding steroid dienone is 3. The smallest absolute Gasteiger partial charge is 0.180 e. The van der Waals surface area contributed by atoms with Crippen molar-refractivity contribution in [2.24, 2.45) is 0 Å². The summed E-state index contributed by atoms with van der Waals surface area (Å²) in [6.45, 7) is 0. The monoisotopic (exact) mass is 826 g/mol. The Hall–Kier alpha value is -7.94. The van der Waals surface area contributed by atoms with Gasteiger partial charge in [-0.15, -0.1) is 11.8 Å². The SMILES string of the molecule is C1=CC2Sc3ccc(-c4nc(-c5ccccc5)nc(-c5cccc6c5c5ccccc5n6-c5ccccc5)n4)cc3C2C(c2nc(-c3ccccc3)c3oc4ccccc4c3n2)=C1. The summed E-state index contributed by atoms with van der Waals surface area (Å²) in [6.07, 6.45) is 6.63. The largest absolute Gasteiger partial charge is 0.452 e. The van der Waals surface area contributed by atoms with Gasteiger partial charge in [0.2, 0.25) is 0 Å². The molecule has 13 rings (SSSR count). The van der Waals surface area contributed by atoms with Gasteiger partial charge in [0, 0.05) is 65.7 Å². The molecule has 7 nitrogen and oxygen atoms in total. The molecule has 0 fully saturated rings. The fourth-order valence-electron chi connectivity index (χ4n) is 9.42. The highest BCUT2D eigenvalue weighted by molar-refractivity contribution is 8.00. The van der Waals surface area contributed by atoms with Crippen molar-refractivity contribution in [3.8, 4) is 51.1 Å². The summed E-state index contributed by atoms with van der Waals surface area (Å²) in [4.78, 5) is 27.6. The maximum atomic E-state index is 6.45. The predicted molar refractivity (Wildman–Crippen MR) is 255 cm³/mol. The molecule has 0 N–H and O–H groups in total. The fraction of sp³-hybridized carbons (Fsp3) is 0.0364. The highest BCUT2D eigenvalue weighted by Crippen LogP contribution is 2.54. The Kier molecular flexibility index (Phi) is 8.14. The fourth-order valence-corrected chi connectivity index (χ4v) is 10.8. The van der Waals surface area contributed by atoms with Gasteiger partial charge in [-0.1, -0.05) is 146 Å². The second-order valence-corrected chi connectivity index (χ2v) is 17.1. The second-order valence-electron chi connectivity index (χ2n) is 15.9. The number of fused-ring (bicyclic) bond motifs is 9. The van der Waals surface area contributed by atoms with E-state index in [2.05, 4.69) is 144 Å². The van der Waals surface area contributed by atoms with E-state index in [-0.39, 0.29) is 11.2 Å². The number of furan rings is 1. The van der Waals surface area contributed by atoms with Crippen molar-refractivity contribution in [2.45, 2.75) is 16.1 Å². The Labute approximate surface area is 366 Å². The first-order valence-electron chi connectivity index (χ1n) is 21.1. The summed E-state index contributed by atoms with van der Waals surface area (Å²) in [7, 11) is 0. The van der Waals surface area contributed by atoms with Gasteiger partial charge in [0.05, 0.1) is 11.0 Å². The predicted octanol–water partition coefficient (Wildman–Crippen LogP) is 13.5. The van der Waals surface area contributed by atoms with E-state index < -0.39 is 0 Å². The van der Waals surface area contributed by atoms with Crippen LogP contribution in [0.2, 0.25) is 0 Å². The van der Waals surface area contributed by atoms with Crippen LogP contribution in [-0.2, 0) is 0 Å². The molecule has 0 amide bonds. The molecule has 0 spiro atoms. The van der Waals surface area contributed by atoms with E-state index in [4.69, 9.17) is 29.3 Å². The molecule has 2 unspecified atom stereocenters. The summed E-state index contributed by atoms with van der Waals surface area (Å²) >= 11 is 1.88. The van der Waals surface area contributed by atoms with Crippen LogP contribution in [0, 0.1) is 0 Å². The van der Waals surface area contributed by atoms with Crippen molar-refractivity contribution in [1.82, 2.24) is 29.5 Å². The Morgan fingerprint density at radius 3 is 2.03 bits per heavy atom. The van der Waals surface area contributed by atoms with Crippen LogP contribution in [-0.4, -0.2) is 34.7 Å². The first-order valence-corrected chi connectivity index (χ1v) is 22.0. The highest BCUT2D eigenvalue weighted by Gasteiger charge is 2.38. The average Bonchev–Trinajstić information content (AvgIpc) is 4.04. The van der Waals surface area contributed by atoms with Gasteiger partial charge in [-0.3, -0.25) is 0 Å². The summed E-state index contributed by atoms with van der Waals surface area (Å²) < 4.78 is 8.78. The minimum Gasteiger partial charge on any atom is -0.452 e. The molecule has 63 heavy (non-hydrogen) atoms. The second kappa shape index (κ2) is 14.3. The highest BCUT2D eigenvalue weighted by atomic mass is 32.2. The molecule has 5 heterocycles. The van der Waals surface area contributed by atoms with Crippen LogP contribution in [0.1, 0.15) is 17.3 Å². The molecule has 296 valence electrons. The number of para-hydroxylation sites is 3. The van der Waals surface area contributed by atoms with Crippen molar-refractivity contribution < 1.29 is 4.42 Å². The lowest BCUT2D eigenvalue weighted by molar-refractivity contribution is 0.666. The van der Waals surface area contributed by atoms with Crippen LogP contribution in [0.4, 0.5) is 0 Å². The molecule has 4 aromatic heterocycles. The lowest BCUT2D eigenvalue weighted by atomic mass is 9.84. The van der Waals surface area contributed by atoms with E-state index in [1.807, 2.05) is 66.4 Å². The topological polar surface area (TPSA) is 82.5 Å². The molecule has 1 aliphatic heterocycles. The molecular weight excluding hydrogens is 793 g/mol. The third-order valence-electron chi connectivity index (χ3n) is 12.3. The van der Waals surface area contributed by atoms with Gasteiger partial charge in [0.15, 0.2) is 28.9 Å². The molecule has 2 aliphatic rings. The van der Waals surface area contributed by atoms with Crippen molar-refractivity contribution in [2.75, 3.05) is 0 Å². The molecule has 8 heteroatoms. The van der Waals surface area contributed by atoms with Crippen LogP contribution in [0.3, 0.4) is 0 Å². The van der Waals surface area contributed by atoms with E-state index in [9.17, 15) is 0 Å². The number of benzene rings is 7. The van der Waals surface area contributed by atoms with Crippen molar-refractivity contribution in [3.63, 3.8) is 0 Å². The van der Waals surface area contributed by atoms with Gasteiger partial charge in [0.25, 0.3) is 0 Å². The molecule has 2 atom stereocenters. The zero-order chi connectivity index (χ0) is 41.4. The summed E-state index contributed by atoms with van der Waals surface area (Å²) in [5, 5.41) is 3.38. The molecular formula is C55H34N6OS. The number of hydrogen-bond donors (Lipinski definition) is 0. The van der Waals surface area contributed by atoms with Gasteiger partial charge in [0.1, 0.15) is 16.8 Å². The zero-order valence-electron chi connectivity index (χ0n) is 33.6. The summed E-state index contributed by atoms with van der Waals surface area (Å²) in [5.74, 6) is 2.56. The minimum absolute atomic E-state index is 0.00181. The van der Waals surface area contributed by atoms with Gasteiger partial charge < -0.3 is 8.98 Å². The van der Waals surface area contributed by atoms with Gasteiger partial charge in [-0.05, 0) is 54.1 Å². The van der Waals surface area contributed by atoms with E-state index in [1.165, 1.54) is 10.5 Å². The van der Waals surface area contributed by atoms with Crippen molar-refractivity contribution in [1.29, 1.82) is 0 Å². The van der Waals surface area contributed by atoms with Crippen LogP contribution < -0.4 is 0 Å². The first-order chi connectivity index (χ1) is 31.2. The number of hydrogen-bond acceptors (Lipinski definition) is 7. The van der Waals surface area contributed by atoms with Gasteiger partial charge >= 0.3 is 0 Å². The Morgan fingerprint density at radius 2 is 1.21 bits per heavy atom. The molecule has 1 aliphatic carbocycles. The summed E-state index contributed by atoms with van der Waals surface area (Å²) in [5.41, 5.74) is 12.5. The third kappa shape index (κ3) is 5.79. The average molecular weight is 827 g/mol. The maximum absolute atomic E-state index is 6.45. The zero-order valence-corrected chi connectivity index (χ0v) is 34.4. The molecule has 7 aromatic carbocycles. The lowest BCUT2D eigenvalue weighted by Crippen LogP contribution is -2.15. The number of rotatable bonds is 6. The van der Waals surface area contributed by atoms with E-state index in [1.54, 1.807) is 0 Å². The van der Waals surface area contributed by atoms with Crippen molar-refractivity contribution >= 4 is 61.2 Å². The van der Waals surface area contributed by atoms with E-state index in [0.717, 1.165) is 77.5 Å². The Morgan fingerprint density at radius 1 is 0.524 bits per heavy atom. The normalized spacial score (nSPS) is 15.6. The van der Waals surface area contributed by atoms with Crippen LogP contribution in [0.25, 0.3) is 101 Å². The molecule has 11 aromatic rings. The van der Waals surface area contributed by atoms with E-state index >= 15 is 0 Å². The summed E-state index contributed by atoms with van der Waals surface area (Å²) in [6, 6.07) is 60.7. The van der Waals surface area contributed by atoms with Crippen molar-refractivity contribution in [3.05, 3.63) is 206 Å². The van der Waals surface area contributed by atoms with Crippen LogP contribution in [0.5, 0.6) is 0 Å². The number of nitrogens with zero attached hydrogens (tertiary/aromatic N) is 6. The van der Waals surface area contributed by atoms with E-state index in [0.29, 0.717) is 28.9 Å². The van der Waals surface area contributed by atoms with Crippen LogP contribution >= 0.6 is 11.8 Å². The molecule has 0 radical (unpaired) electrons. The number of thioether (sulfide) groups is 1. The lowest BCUT2D eigenvalue weighted by Gasteiger charge is -2.23. The molecule has 0 saturated carbocycles. The van der Waals surface area contributed by atoms with Gasteiger partial charge in [-0.2, -0.15) is 0 Å².